The Balaban J connectivity index is 2.31. The Hall–Kier alpha value is -0.500. The molecule has 1 saturated carbocycles. The van der Waals surface area contributed by atoms with Gasteiger partial charge in [-0.15, -0.1) is 0 Å². The first kappa shape index (κ1) is 13.9. The van der Waals surface area contributed by atoms with Crippen LogP contribution in [0, 0.1) is 0 Å². The molecule has 0 radical (unpaired) electrons. The highest BCUT2D eigenvalue weighted by atomic mass is 35.7. The van der Waals surface area contributed by atoms with Crippen molar-refractivity contribution >= 4 is 47.0 Å². The SMILES string of the molecule is O=S(=O)(Cl)c1ccc(NS(=O)(=O)C2CC2)c(Cl)c1. The van der Waals surface area contributed by atoms with Gasteiger partial charge in [-0.1, -0.05) is 11.6 Å². The normalized spacial score (nSPS) is 16.6. The Morgan fingerprint density at radius 2 is 1.78 bits per heavy atom. The second-order valence-corrected chi connectivity index (χ2v) is 8.86. The predicted octanol–water partition coefficient (Wildman–Crippen LogP) is 2.17. The number of anilines is 1. The molecule has 1 N–H and O–H groups in total. The summed E-state index contributed by atoms with van der Waals surface area (Å²) < 4.78 is 47.8. The first-order valence-electron chi connectivity index (χ1n) is 4.96. The van der Waals surface area contributed by atoms with Crippen molar-refractivity contribution < 1.29 is 16.8 Å². The minimum Gasteiger partial charge on any atom is -0.282 e. The lowest BCUT2D eigenvalue weighted by Crippen LogP contribution is -2.17. The van der Waals surface area contributed by atoms with Crippen LogP contribution in [0.2, 0.25) is 5.02 Å². The van der Waals surface area contributed by atoms with Crippen LogP contribution in [0.15, 0.2) is 23.1 Å². The fourth-order valence-corrected chi connectivity index (χ4v) is 3.88. The van der Waals surface area contributed by atoms with Gasteiger partial charge in [0.2, 0.25) is 10.0 Å². The lowest BCUT2D eigenvalue weighted by atomic mass is 10.3. The fraction of sp³-hybridized carbons (Fsp3) is 0.333. The third-order valence-electron chi connectivity index (χ3n) is 2.44. The Morgan fingerprint density at radius 3 is 2.22 bits per heavy atom. The fourth-order valence-electron chi connectivity index (χ4n) is 1.35. The molecule has 1 fully saturated rings. The van der Waals surface area contributed by atoms with Gasteiger partial charge in [-0.2, -0.15) is 0 Å². The molecule has 1 aliphatic rings. The zero-order chi connectivity index (χ0) is 13.6. The summed E-state index contributed by atoms with van der Waals surface area (Å²) in [6, 6.07) is 3.57. The van der Waals surface area contributed by atoms with Crippen LogP contribution in [0.3, 0.4) is 0 Å². The number of halogens is 2. The first-order valence-corrected chi connectivity index (χ1v) is 9.19. The van der Waals surface area contributed by atoms with Gasteiger partial charge in [-0.25, -0.2) is 16.8 Å². The first-order chi connectivity index (χ1) is 8.20. The molecule has 18 heavy (non-hydrogen) atoms. The van der Waals surface area contributed by atoms with E-state index in [1.165, 1.54) is 12.1 Å². The molecule has 0 bridgehead atoms. The van der Waals surface area contributed by atoms with Gasteiger partial charge in [-0.3, -0.25) is 4.72 Å². The second-order valence-electron chi connectivity index (χ2n) is 3.93. The van der Waals surface area contributed by atoms with Crippen LogP contribution >= 0.6 is 22.3 Å². The molecule has 0 aromatic heterocycles. The standard InChI is InChI=1S/C9H9Cl2NO4S2/c10-8-5-7(17(11,13)14)3-4-9(8)12-18(15,16)6-1-2-6/h3-6,12H,1-2H2. The average molecular weight is 330 g/mol. The predicted molar refractivity (Wildman–Crippen MR) is 70.1 cm³/mol. The highest BCUT2D eigenvalue weighted by molar-refractivity contribution is 8.13. The van der Waals surface area contributed by atoms with E-state index in [4.69, 9.17) is 22.3 Å². The minimum absolute atomic E-state index is 0.0130. The van der Waals surface area contributed by atoms with E-state index in [0.29, 0.717) is 12.8 Å². The van der Waals surface area contributed by atoms with Crippen LogP contribution in [0.5, 0.6) is 0 Å². The number of nitrogens with one attached hydrogen (secondary N) is 1. The summed E-state index contributed by atoms with van der Waals surface area (Å²) in [5.41, 5.74) is 0.146. The molecule has 0 saturated heterocycles. The number of rotatable bonds is 4. The summed E-state index contributed by atoms with van der Waals surface area (Å²) in [7, 11) is -2.16. The Morgan fingerprint density at radius 1 is 1.17 bits per heavy atom. The molecular formula is C9H9Cl2NO4S2. The maximum absolute atomic E-state index is 11.7. The van der Waals surface area contributed by atoms with Gasteiger partial charge >= 0.3 is 0 Å². The zero-order valence-corrected chi connectivity index (χ0v) is 12.1. The summed E-state index contributed by atoms with van der Waals surface area (Å²) in [5.74, 6) is 0. The van der Waals surface area contributed by atoms with Crippen LogP contribution in [-0.2, 0) is 19.1 Å². The molecule has 0 unspecified atom stereocenters. The molecule has 0 aliphatic heterocycles. The van der Waals surface area contributed by atoms with Crippen LogP contribution < -0.4 is 4.72 Å². The van der Waals surface area contributed by atoms with Crippen molar-refractivity contribution in [2.24, 2.45) is 0 Å². The molecule has 1 aromatic rings. The highest BCUT2D eigenvalue weighted by Crippen LogP contribution is 2.33. The lowest BCUT2D eigenvalue weighted by molar-refractivity contribution is 0.600. The van der Waals surface area contributed by atoms with Gasteiger partial charge < -0.3 is 0 Å². The van der Waals surface area contributed by atoms with Crippen molar-refractivity contribution in [1.29, 1.82) is 0 Å². The quantitative estimate of drug-likeness (QED) is 0.858. The van der Waals surface area contributed by atoms with Crippen molar-refractivity contribution in [3.63, 3.8) is 0 Å². The largest absolute Gasteiger partial charge is 0.282 e. The highest BCUT2D eigenvalue weighted by Gasteiger charge is 2.36. The van der Waals surface area contributed by atoms with E-state index >= 15 is 0 Å². The van der Waals surface area contributed by atoms with Gasteiger partial charge in [0.05, 0.1) is 20.9 Å². The third-order valence-corrected chi connectivity index (χ3v) is 5.96. The molecule has 0 heterocycles. The van der Waals surface area contributed by atoms with E-state index in [9.17, 15) is 16.8 Å². The summed E-state index contributed by atoms with van der Waals surface area (Å²) in [6.45, 7) is 0. The van der Waals surface area contributed by atoms with E-state index in [0.717, 1.165) is 6.07 Å². The van der Waals surface area contributed by atoms with Gasteiger partial charge in [0, 0.05) is 10.7 Å². The number of sulfonamides is 1. The maximum atomic E-state index is 11.7. The van der Waals surface area contributed by atoms with E-state index in [1.807, 2.05) is 0 Å². The minimum atomic E-state index is -3.88. The number of hydrogen-bond donors (Lipinski definition) is 1. The Kier molecular flexibility index (Phi) is 3.52. The molecular weight excluding hydrogens is 321 g/mol. The molecule has 1 aliphatic carbocycles. The average Bonchev–Trinajstić information content (AvgIpc) is 3.02. The van der Waals surface area contributed by atoms with E-state index in [2.05, 4.69) is 4.72 Å². The molecule has 9 heteroatoms. The molecule has 1 aromatic carbocycles. The molecule has 5 nitrogen and oxygen atoms in total. The molecule has 0 amide bonds. The number of benzene rings is 1. The molecule has 100 valence electrons. The van der Waals surface area contributed by atoms with Crippen LogP contribution in [0.25, 0.3) is 0 Å². The summed E-state index contributed by atoms with van der Waals surface area (Å²) in [5, 5.41) is -0.397. The molecule has 0 spiro atoms. The van der Waals surface area contributed by atoms with E-state index in [1.54, 1.807) is 0 Å². The summed E-state index contributed by atoms with van der Waals surface area (Å²) in [6.07, 6.45) is 1.25. The van der Waals surface area contributed by atoms with Crippen molar-refractivity contribution in [2.45, 2.75) is 23.0 Å². The third kappa shape index (κ3) is 3.09. The summed E-state index contributed by atoms with van der Waals surface area (Å²) in [4.78, 5) is -0.177. The van der Waals surface area contributed by atoms with Crippen molar-refractivity contribution in [1.82, 2.24) is 0 Å². The lowest BCUT2D eigenvalue weighted by Gasteiger charge is -2.09. The Labute approximate surface area is 115 Å². The second kappa shape index (κ2) is 4.56. The summed E-state index contributed by atoms with van der Waals surface area (Å²) >= 11 is 5.82. The smallest absolute Gasteiger partial charge is 0.261 e. The molecule has 2 rings (SSSR count). The van der Waals surface area contributed by atoms with Gasteiger partial charge in [0.1, 0.15) is 0 Å². The molecule has 0 atom stereocenters. The zero-order valence-electron chi connectivity index (χ0n) is 8.93. The van der Waals surface area contributed by atoms with Crippen LogP contribution in [0.1, 0.15) is 12.8 Å². The van der Waals surface area contributed by atoms with Gasteiger partial charge in [0.15, 0.2) is 0 Å². The topological polar surface area (TPSA) is 80.3 Å². The van der Waals surface area contributed by atoms with Gasteiger partial charge in [-0.05, 0) is 31.0 Å². The van der Waals surface area contributed by atoms with Crippen LogP contribution in [-0.4, -0.2) is 22.1 Å². The van der Waals surface area contributed by atoms with E-state index < -0.39 is 19.1 Å². The Bertz CT molecular complexity index is 681. The monoisotopic (exact) mass is 329 g/mol. The number of hydrogen-bond acceptors (Lipinski definition) is 4. The maximum Gasteiger partial charge on any atom is 0.261 e. The van der Waals surface area contributed by atoms with Gasteiger partial charge in [0.25, 0.3) is 9.05 Å². The van der Waals surface area contributed by atoms with Crippen molar-refractivity contribution in [3.8, 4) is 0 Å². The van der Waals surface area contributed by atoms with E-state index in [-0.39, 0.29) is 20.9 Å². The van der Waals surface area contributed by atoms with Crippen molar-refractivity contribution in [3.05, 3.63) is 23.2 Å². The van der Waals surface area contributed by atoms with Crippen LogP contribution in [0.4, 0.5) is 5.69 Å². The van der Waals surface area contributed by atoms with Crippen molar-refractivity contribution in [2.75, 3.05) is 4.72 Å².